The average molecular weight is 256 g/mol. The quantitative estimate of drug-likeness (QED) is 0.897. The minimum Gasteiger partial charge on any atom is -0.508 e. The number of phenolic OH excluding ortho intramolecular Hbond substituents is 1. The van der Waals surface area contributed by atoms with Gasteiger partial charge < -0.3 is 14.6 Å². The van der Waals surface area contributed by atoms with Crippen molar-refractivity contribution in [1.82, 2.24) is 0 Å². The van der Waals surface area contributed by atoms with E-state index in [-0.39, 0.29) is 11.2 Å². The Hall–Kier alpha value is -1.84. The van der Waals surface area contributed by atoms with E-state index in [1.165, 1.54) is 5.56 Å². The van der Waals surface area contributed by atoms with Crippen LogP contribution >= 0.6 is 0 Å². The molecule has 2 aromatic carbocycles. The molecular formula is C16H16O3. The van der Waals surface area contributed by atoms with Crippen LogP contribution in [0.15, 0.2) is 54.6 Å². The number of benzene rings is 2. The van der Waals surface area contributed by atoms with E-state index in [0.717, 1.165) is 5.56 Å². The molecule has 0 unspecified atom stereocenters. The van der Waals surface area contributed by atoms with Crippen molar-refractivity contribution in [3.8, 4) is 5.75 Å². The smallest absolute Gasteiger partial charge is 0.146 e. The molecule has 0 aromatic heterocycles. The van der Waals surface area contributed by atoms with Crippen LogP contribution in [0.5, 0.6) is 5.75 Å². The summed E-state index contributed by atoms with van der Waals surface area (Å²) in [4.78, 5) is 0. The molecule has 1 fully saturated rings. The first-order valence-electron chi connectivity index (χ1n) is 6.32. The average Bonchev–Trinajstić information content (AvgIpc) is 2.49. The van der Waals surface area contributed by atoms with Crippen LogP contribution in [0.3, 0.4) is 0 Å². The van der Waals surface area contributed by atoms with Gasteiger partial charge in [-0.3, -0.25) is 0 Å². The molecule has 2 aromatic rings. The second kappa shape index (κ2) is 5.03. The van der Waals surface area contributed by atoms with Crippen molar-refractivity contribution in [2.75, 3.05) is 20.0 Å². The van der Waals surface area contributed by atoms with E-state index in [1.807, 2.05) is 30.3 Å². The van der Waals surface area contributed by atoms with E-state index in [2.05, 4.69) is 12.1 Å². The van der Waals surface area contributed by atoms with Crippen LogP contribution in [-0.2, 0) is 14.9 Å². The van der Waals surface area contributed by atoms with Crippen LogP contribution in [0.4, 0.5) is 0 Å². The Morgan fingerprint density at radius 2 is 1.37 bits per heavy atom. The van der Waals surface area contributed by atoms with Gasteiger partial charge in [0.15, 0.2) is 0 Å². The summed E-state index contributed by atoms with van der Waals surface area (Å²) in [7, 11) is 0. The van der Waals surface area contributed by atoms with Gasteiger partial charge in [-0.25, -0.2) is 0 Å². The Balaban J connectivity index is 2.09. The first-order chi connectivity index (χ1) is 9.31. The fourth-order valence-electron chi connectivity index (χ4n) is 2.57. The molecule has 1 aliphatic heterocycles. The van der Waals surface area contributed by atoms with E-state index in [9.17, 15) is 5.11 Å². The fourth-order valence-corrected chi connectivity index (χ4v) is 2.57. The zero-order chi connectivity index (χ0) is 13.1. The molecule has 0 bridgehead atoms. The van der Waals surface area contributed by atoms with Crippen LogP contribution in [0.25, 0.3) is 0 Å². The summed E-state index contributed by atoms with van der Waals surface area (Å²) in [6.45, 7) is 1.51. The van der Waals surface area contributed by atoms with Gasteiger partial charge in [0.1, 0.15) is 12.5 Å². The number of phenols is 1. The molecule has 1 N–H and O–H groups in total. The molecule has 3 nitrogen and oxygen atoms in total. The topological polar surface area (TPSA) is 38.7 Å². The first kappa shape index (κ1) is 12.2. The van der Waals surface area contributed by atoms with Gasteiger partial charge in [-0.05, 0) is 23.3 Å². The van der Waals surface area contributed by atoms with E-state index in [4.69, 9.17) is 9.47 Å². The van der Waals surface area contributed by atoms with Crippen LogP contribution in [0.1, 0.15) is 11.1 Å². The monoisotopic (exact) mass is 256 g/mol. The highest BCUT2D eigenvalue weighted by molar-refractivity contribution is 5.42. The van der Waals surface area contributed by atoms with Gasteiger partial charge in [0.05, 0.1) is 18.6 Å². The van der Waals surface area contributed by atoms with Crippen molar-refractivity contribution in [3.05, 3.63) is 65.7 Å². The molecule has 1 heterocycles. The van der Waals surface area contributed by atoms with Crippen molar-refractivity contribution in [2.45, 2.75) is 5.41 Å². The van der Waals surface area contributed by atoms with Gasteiger partial charge in [0, 0.05) is 0 Å². The molecule has 19 heavy (non-hydrogen) atoms. The Morgan fingerprint density at radius 1 is 0.789 bits per heavy atom. The predicted octanol–water partition coefficient (Wildman–Crippen LogP) is 2.68. The van der Waals surface area contributed by atoms with Gasteiger partial charge in [-0.15, -0.1) is 0 Å². The zero-order valence-electron chi connectivity index (χ0n) is 10.6. The lowest BCUT2D eigenvalue weighted by molar-refractivity contribution is -0.128. The third kappa shape index (κ3) is 2.23. The van der Waals surface area contributed by atoms with Gasteiger partial charge in [0.25, 0.3) is 0 Å². The highest BCUT2D eigenvalue weighted by atomic mass is 16.7. The lowest BCUT2D eigenvalue weighted by atomic mass is 9.75. The largest absolute Gasteiger partial charge is 0.508 e. The second-order valence-corrected chi connectivity index (χ2v) is 4.81. The maximum atomic E-state index is 9.45. The van der Waals surface area contributed by atoms with Crippen molar-refractivity contribution >= 4 is 0 Å². The van der Waals surface area contributed by atoms with Crippen LogP contribution < -0.4 is 0 Å². The molecule has 98 valence electrons. The van der Waals surface area contributed by atoms with Gasteiger partial charge in [-0.1, -0.05) is 42.5 Å². The Morgan fingerprint density at radius 3 is 2.00 bits per heavy atom. The second-order valence-electron chi connectivity index (χ2n) is 4.81. The summed E-state index contributed by atoms with van der Waals surface area (Å²) in [5.41, 5.74) is 1.96. The third-order valence-electron chi connectivity index (χ3n) is 3.61. The van der Waals surface area contributed by atoms with Crippen molar-refractivity contribution < 1.29 is 14.6 Å². The normalized spacial score (nSPS) is 18.1. The number of rotatable bonds is 2. The lowest BCUT2D eigenvalue weighted by Gasteiger charge is -2.37. The van der Waals surface area contributed by atoms with Crippen molar-refractivity contribution in [2.24, 2.45) is 0 Å². The van der Waals surface area contributed by atoms with Crippen molar-refractivity contribution in [3.63, 3.8) is 0 Å². The van der Waals surface area contributed by atoms with Gasteiger partial charge in [-0.2, -0.15) is 0 Å². The van der Waals surface area contributed by atoms with Crippen LogP contribution in [0, 0.1) is 0 Å². The van der Waals surface area contributed by atoms with E-state index < -0.39 is 0 Å². The number of ether oxygens (including phenoxy) is 2. The lowest BCUT2D eigenvalue weighted by Crippen LogP contribution is -2.42. The minimum atomic E-state index is -0.298. The van der Waals surface area contributed by atoms with Gasteiger partial charge in [0.2, 0.25) is 0 Å². The van der Waals surface area contributed by atoms with Crippen molar-refractivity contribution in [1.29, 1.82) is 0 Å². The molecule has 0 amide bonds. The number of aromatic hydroxyl groups is 1. The molecule has 0 atom stereocenters. The molecule has 1 saturated heterocycles. The summed E-state index contributed by atoms with van der Waals surface area (Å²) >= 11 is 0. The standard InChI is InChI=1S/C16H16O3/c17-15-8-6-14(7-9-15)16(10-18-12-19-11-16)13-4-2-1-3-5-13/h1-9,17H,10-12H2. The predicted molar refractivity (Wildman–Crippen MR) is 72.1 cm³/mol. The maximum absolute atomic E-state index is 9.45. The van der Waals surface area contributed by atoms with Gasteiger partial charge >= 0.3 is 0 Å². The SMILES string of the molecule is Oc1ccc(C2(c3ccccc3)COCOC2)cc1. The van der Waals surface area contributed by atoms with E-state index in [0.29, 0.717) is 20.0 Å². The summed E-state index contributed by atoms with van der Waals surface area (Å²) in [6.07, 6.45) is 0. The maximum Gasteiger partial charge on any atom is 0.146 e. The summed E-state index contributed by atoms with van der Waals surface area (Å²) < 4.78 is 11.1. The summed E-state index contributed by atoms with van der Waals surface area (Å²) in [5.74, 6) is 0.268. The third-order valence-corrected chi connectivity index (χ3v) is 3.61. The molecule has 0 radical (unpaired) electrons. The highest BCUT2D eigenvalue weighted by Gasteiger charge is 2.37. The summed E-state index contributed by atoms with van der Waals surface area (Å²) in [5, 5.41) is 9.45. The Labute approximate surface area is 112 Å². The highest BCUT2D eigenvalue weighted by Crippen LogP contribution is 2.35. The molecule has 0 aliphatic carbocycles. The Bertz CT molecular complexity index is 528. The summed E-state index contributed by atoms with van der Waals surface area (Å²) in [6, 6.07) is 17.5. The zero-order valence-corrected chi connectivity index (χ0v) is 10.6. The van der Waals surface area contributed by atoms with Crippen LogP contribution in [-0.4, -0.2) is 25.1 Å². The molecule has 3 heteroatoms. The Kier molecular flexibility index (Phi) is 3.23. The molecule has 1 aliphatic rings. The van der Waals surface area contributed by atoms with E-state index in [1.54, 1.807) is 12.1 Å². The van der Waals surface area contributed by atoms with Crippen LogP contribution in [0.2, 0.25) is 0 Å². The fraction of sp³-hybridized carbons (Fsp3) is 0.250. The number of hydrogen-bond acceptors (Lipinski definition) is 3. The molecular weight excluding hydrogens is 240 g/mol. The molecule has 0 saturated carbocycles. The first-order valence-corrected chi connectivity index (χ1v) is 6.32. The molecule has 3 rings (SSSR count). The van der Waals surface area contributed by atoms with E-state index >= 15 is 0 Å². The number of hydrogen-bond donors (Lipinski definition) is 1. The molecule has 0 spiro atoms. The minimum absolute atomic E-state index is 0.268.